The monoisotopic (exact) mass is 297 g/mol. The zero-order chi connectivity index (χ0) is 12.3. The van der Waals surface area contributed by atoms with Crippen LogP contribution < -0.4 is 0 Å². The molecule has 0 aliphatic heterocycles. The molecule has 92 valence electrons. The van der Waals surface area contributed by atoms with Gasteiger partial charge in [-0.2, -0.15) is 0 Å². The molecule has 0 radical (unpaired) electrons. The Morgan fingerprint density at radius 3 is 2.47 bits per heavy atom. The quantitative estimate of drug-likeness (QED) is 0.467. The molecule has 1 aromatic carbocycles. The molecule has 1 fully saturated rings. The van der Waals surface area contributed by atoms with E-state index in [0.29, 0.717) is 4.83 Å². The van der Waals surface area contributed by atoms with Gasteiger partial charge in [0.25, 0.3) is 5.69 Å². The Morgan fingerprint density at radius 2 is 2.00 bits per heavy atom. The van der Waals surface area contributed by atoms with E-state index in [1.54, 1.807) is 12.1 Å². The lowest BCUT2D eigenvalue weighted by Crippen LogP contribution is -2.17. The minimum absolute atomic E-state index is 0.166. The molecule has 3 nitrogen and oxygen atoms in total. The van der Waals surface area contributed by atoms with E-state index in [1.807, 2.05) is 12.1 Å². The van der Waals surface area contributed by atoms with E-state index in [9.17, 15) is 10.1 Å². The molecule has 1 unspecified atom stereocenters. The summed E-state index contributed by atoms with van der Waals surface area (Å²) in [5.74, 6) is 0.887. The SMILES string of the molecule is O=[N+]([O-])c1ccc(CC(Br)CC2CCC2)cc1. The predicted octanol–water partition coefficient (Wildman–Crippen LogP) is 4.09. The van der Waals surface area contributed by atoms with Crippen molar-refractivity contribution in [2.75, 3.05) is 0 Å². The van der Waals surface area contributed by atoms with E-state index in [4.69, 9.17) is 0 Å². The van der Waals surface area contributed by atoms with Crippen LogP contribution in [0.2, 0.25) is 0 Å². The topological polar surface area (TPSA) is 43.1 Å². The van der Waals surface area contributed by atoms with Gasteiger partial charge in [0.1, 0.15) is 0 Å². The summed E-state index contributed by atoms with van der Waals surface area (Å²) < 4.78 is 0. The van der Waals surface area contributed by atoms with Crippen molar-refractivity contribution in [3.8, 4) is 0 Å². The van der Waals surface area contributed by atoms with E-state index in [2.05, 4.69) is 15.9 Å². The summed E-state index contributed by atoms with van der Waals surface area (Å²) in [5, 5.41) is 10.5. The predicted molar refractivity (Wildman–Crippen MR) is 71.5 cm³/mol. The van der Waals surface area contributed by atoms with Gasteiger partial charge < -0.3 is 0 Å². The van der Waals surface area contributed by atoms with Gasteiger partial charge in [0.05, 0.1) is 4.92 Å². The van der Waals surface area contributed by atoms with Gasteiger partial charge in [0.2, 0.25) is 0 Å². The Labute approximate surface area is 110 Å². The maximum Gasteiger partial charge on any atom is 0.269 e. The Balaban J connectivity index is 1.86. The van der Waals surface area contributed by atoms with Crippen LogP contribution in [0, 0.1) is 16.0 Å². The van der Waals surface area contributed by atoms with Gasteiger partial charge in [-0.1, -0.05) is 47.3 Å². The number of hydrogen-bond acceptors (Lipinski definition) is 2. The van der Waals surface area contributed by atoms with Gasteiger partial charge in [-0.3, -0.25) is 10.1 Å². The molecular weight excluding hydrogens is 282 g/mol. The van der Waals surface area contributed by atoms with Crippen molar-refractivity contribution in [3.05, 3.63) is 39.9 Å². The van der Waals surface area contributed by atoms with Crippen LogP contribution >= 0.6 is 15.9 Å². The number of alkyl halides is 1. The van der Waals surface area contributed by atoms with Crippen LogP contribution in [0.1, 0.15) is 31.2 Å². The first-order chi connectivity index (χ1) is 8.15. The molecule has 1 aliphatic carbocycles. The van der Waals surface area contributed by atoms with E-state index in [0.717, 1.165) is 17.9 Å². The maximum absolute atomic E-state index is 10.5. The van der Waals surface area contributed by atoms with Crippen molar-refractivity contribution < 1.29 is 4.92 Å². The number of nitro benzene ring substituents is 1. The lowest BCUT2D eigenvalue weighted by atomic mass is 9.81. The zero-order valence-corrected chi connectivity index (χ0v) is 11.2. The molecule has 0 N–H and O–H groups in total. The third-order valence-electron chi connectivity index (χ3n) is 3.42. The molecule has 4 heteroatoms. The van der Waals surface area contributed by atoms with E-state index in [1.165, 1.54) is 25.7 Å². The van der Waals surface area contributed by atoms with Crippen molar-refractivity contribution in [2.24, 2.45) is 5.92 Å². The molecule has 0 bridgehead atoms. The number of halogens is 1. The first-order valence-electron chi connectivity index (χ1n) is 6.02. The lowest BCUT2D eigenvalue weighted by Gasteiger charge is -2.27. The molecule has 1 aliphatic rings. The number of non-ortho nitro benzene ring substituents is 1. The van der Waals surface area contributed by atoms with Crippen molar-refractivity contribution in [1.29, 1.82) is 0 Å². The summed E-state index contributed by atoms with van der Waals surface area (Å²) in [6.45, 7) is 0. The van der Waals surface area contributed by atoms with Gasteiger partial charge in [0.15, 0.2) is 0 Å². The second-order valence-electron chi connectivity index (χ2n) is 4.76. The molecule has 1 aromatic rings. The standard InChI is InChI=1S/C13H16BrNO2/c14-12(8-10-2-1-3-10)9-11-4-6-13(7-5-11)15(16)17/h4-7,10,12H,1-3,8-9H2. The number of hydrogen-bond donors (Lipinski definition) is 0. The van der Waals surface area contributed by atoms with Crippen molar-refractivity contribution in [3.63, 3.8) is 0 Å². The molecule has 2 rings (SSSR count). The Kier molecular flexibility index (Phi) is 4.15. The van der Waals surface area contributed by atoms with Crippen molar-refractivity contribution >= 4 is 21.6 Å². The average Bonchev–Trinajstić information content (AvgIpc) is 2.24. The summed E-state index contributed by atoms with van der Waals surface area (Å²) in [7, 11) is 0. The Hall–Kier alpha value is -0.900. The second kappa shape index (κ2) is 5.63. The lowest BCUT2D eigenvalue weighted by molar-refractivity contribution is -0.384. The van der Waals surface area contributed by atoms with E-state index >= 15 is 0 Å². The highest BCUT2D eigenvalue weighted by molar-refractivity contribution is 9.09. The molecule has 1 saturated carbocycles. The Bertz CT molecular complexity index is 387. The van der Waals surface area contributed by atoms with Gasteiger partial charge in [-0.15, -0.1) is 0 Å². The van der Waals surface area contributed by atoms with E-state index < -0.39 is 0 Å². The second-order valence-corrected chi connectivity index (χ2v) is 6.05. The van der Waals surface area contributed by atoms with Crippen molar-refractivity contribution in [2.45, 2.75) is 36.9 Å². The average molecular weight is 298 g/mol. The van der Waals surface area contributed by atoms with Crippen LogP contribution in [0.4, 0.5) is 5.69 Å². The van der Waals surface area contributed by atoms with Crippen LogP contribution in [0.25, 0.3) is 0 Å². The number of benzene rings is 1. The highest BCUT2D eigenvalue weighted by Gasteiger charge is 2.20. The smallest absolute Gasteiger partial charge is 0.258 e. The van der Waals surface area contributed by atoms with Gasteiger partial charge in [-0.05, 0) is 24.3 Å². The highest BCUT2D eigenvalue weighted by Crippen LogP contribution is 2.33. The van der Waals surface area contributed by atoms with E-state index in [-0.39, 0.29) is 10.6 Å². The summed E-state index contributed by atoms with van der Waals surface area (Å²) in [5.41, 5.74) is 1.33. The number of rotatable bonds is 5. The summed E-state index contributed by atoms with van der Waals surface area (Å²) in [4.78, 5) is 10.7. The fraction of sp³-hybridized carbons (Fsp3) is 0.538. The number of nitrogens with zero attached hydrogens (tertiary/aromatic N) is 1. The van der Waals surface area contributed by atoms with Gasteiger partial charge >= 0.3 is 0 Å². The molecule has 1 atom stereocenters. The van der Waals surface area contributed by atoms with Crippen molar-refractivity contribution in [1.82, 2.24) is 0 Å². The number of nitro groups is 1. The van der Waals surface area contributed by atoms with Crippen LogP contribution in [0.5, 0.6) is 0 Å². The molecule has 0 aromatic heterocycles. The maximum atomic E-state index is 10.5. The minimum atomic E-state index is -0.357. The molecule has 17 heavy (non-hydrogen) atoms. The van der Waals surface area contributed by atoms with Gasteiger partial charge in [0, 0.05) is 17.0 Å². The molecule has 0 spiro atoms. The Morgan fingerprint density at radius 1 is 1.35 bits per heavy atom. The summed E-state index contributed by atoms with van der Waals surface area (Å²) >= 11 is 3.70. The summed E-state index contributed by atoms with van der Waals surface area (Å²) in [6.07, 6.45) is 6.28. The normalized spacial score (nSPS) is 17.5. The molecule has 0 heterocycles. The third kappa shape index (κ3) is 3.53. The van der Waals surface area contributed by atoms with Crippen LogP contribution in [0.3, 0.4) is 0 Å². The molecular formula is C13H16BrNO2. The van der Waals surface area contributed by atoms with Crippen LogP contribution in [-0.2, 0) is 6.42 Å². The van der Waals surface area contributed by atoms with Crippen LogP contribution in [0.15, 0.2) is 24.3 Å². The minimum Gasteiger partial charge on any atom is -0.258 e. The third-order valence-corrected chi connectivity index (χ3v) is 4.12. The molecule has 0 amide bonds. The summed E-state index contributed by atoms with van der Waals surface area (Å²) in [6, 6.07) is 6.87. The fourth-order valence-electron chi connectivity index (χ4n) is 2.18. The highest BCUT2D eigenvalue weighted by atomic mass is 79.9. The van der Waals surface area contributed by atoms with Crippen LogP contribution in [-0.4, -0.2) is 9.75 Å². The zero-order valence-electron chi connectivity index (χ0n) is 9.64. The van der Waals surface area contributed by atoms with Gasteiger partial charge in [-0.25, -0.2) is 0 Å². The molecule has 0 saturated heterocycles. The first kappa shape index (κ1) is 12.6. The largest absolute Gasteiger partial charge is 0.269 e. The first-order valence-corrected chi connectivity index (χ1v) is 6.94. The fourth-order valence-corrected chi connectivity index (χ4v) is 3.09.